The van der Waals surface area contributed by atoms with Crippen molar-refractivity contribution in [2.75, 3.05) is 33.3 Å². The van der Waals surface area contributed by atoms with E-state index in [1.54, 1.807) is 4.90 Å². The van der Waals surface area contributed by atoms with Crippen molar-refractivity contribution in [2.45, 2.75) is 64.1 Å². The summed E-state index contributed by atoms with van der Waals surface area (Å²) in [6, 6.07) is 3.48. The summed E-state index contributed by atoms with van der Waals surface area (Å²) < 4.78 is 12.1. The number of nitro groups is 1. The number of fused-ring (bicyclic) bond motifs is 1. The van der Waals surface area contributed by atoms with Crippen LogP contribution in [0.3, 0.4) is 0 Å². The van der Waals surface area contributed by atoms with Crippen LogP contribution in [0.25, 0.3) is 10.9 Å². The van der Waals surface area contributed by atoms with E-state index in [9.17, 15) is 19.7 Å². The molecule has 1 aliphatic carbocycles. The number of aromatic nitrogens is 2. The summed E-state index contributed by atoms with van der Waals surface area (Å²) in [5.74, 6) is -0.750. The Morgan fingerprint density at radius 3 is 2.26 bits per heavy atom. The second kappa shape index (κ2) is 9.80. The summed E-state index contributed by atoms with van der Waals surface area (Å²) in [5, 5.41) is 16.7. The molecule has 0 spiro atoms. The van der Waals surface area contributed by atoms with E-state index in [4.69, 9.17) is 9.47 Å². The summed E-state index contributed by atoms with van der Waals surface area (Å²) in [4.78, 5) is 39.4. The van der Waals surface area contributed by atoms with Gasteiger partial charge < -0.3 is 14.4 Å². The fraction of sp³-hybridized carbons (Fsp3) is 0.625. The molecule has 1 aromatic carbocycles. The largest absolute Gasteiger partial charge is 0.465 e. The van der Waals surface area contributed by atoms with Crippen molar-refractivity contribution in [3.63, 3.8) is 0 Å². The Morgan fingerprint density at radius 2 is 1.69 bits per heavy atom. The number of nitro benzene ring substituents is 1. The smallest absolute Gasteiger partial charge is 0.410 e. The molecule has 0 unspecified atom stereocenters. The number of hydrogen-bond donors (Lipinski definition) is 0. The van der Waals surface area contributed by atoms with Gasteiger partial charge in [-0.1, -0.05) is 0 Å². The van der Waals surface area contributed by atoms with Crippen molar-refractivity contribution in [3.8, 4) is 0 Å². The minimum absolute atomic E-state index is 0.0931. The highest BCUT2D eigenvalue weighted by Crippen LogP contribution is 2.33. The van der Waals surface area contributed by atoms with Crippen molar-refractivity contribution in [2.24, 2.45) is 0 Å². The summed E-state index contributed by atoms with van der Waals surface area (Å²) in [6.45, 7) is 8.63. The van der Waals surface area contributed by atoms with Crippen LogP contribution in [0.1, 0.15) is 62.9 Å². The molecule has 2 aliphatic rings. The monoisotopic (exact) mass is 487 g/mol. The lowest BCUT2D eigenvalue weighted by Gasteiger charge is -2.42. The number of carbonyl (C=O) groups excluding carboxylic acids is 2. The van der Waals surface area contributed by atoms with Gasteiger partial charge in [0.2, 0.25) is 0 Å². The Hall–Kier alpha value is -3.21. The normalized spacial score (nSPS) is 21.7. The average molecular weight is 488 g/mol. The molecule has 0 N–H and O–H groups in total. The molecule has 2 aromatic rings. The highest BCUT2D eigenvalue weighted by molar-refractivity contribution is 5.99. The number of carbonyl (C=O) groups is 2. The summed E-state index contributed by atoms with van der Waals surface area (Å²) in [7, 11) is 1.20. The second-order valence-electron chi connectivity index (χ2n) is 10.3. The average Bonchev–Trinajstić information content (AvgIpc) is 3.25. The van der Waals surface area contributed by atoms with Gasteiger partial charge in [0.15, 0.2) is 0 Å². The predicted octanol–water partition coefficient (Wildman–Crippen LogP) is 3.77. The number of ether oxygens (including phenoxy) is 2. The number of amides is 1. The number of methoxy groups -OCH3 is 1. The van der Waals surface area contributed by atoms with E-state index in [1.807, 2.05) is 31.6 Å². The van der Waals surface area contributed by atoms with Gasteiger partial charge in [0, 0.05) is 49.9 Å². The van der Waals surface area contributed by atoms with Crippen molar-refractivity contribution in [3.05, 3.63) is 34.0 Å². The molecule has 1 amide bonds. The summed E-state index contributed by atoms with van der Waals surface area (Å²) in [5.41, 5.74) is -0.325. The number of esters is 1. The van der Waals surface area contributed by atoms with Crippen LogP contribution >= 0.6 is 0 Å². The molecule has 0 bridgehead atoms. The zero-order valence-electron chi connectivity index (χ0n) is 20.7. The molecule has 11 heteroatoms. The van der Waals surface area contributed by atoms with E-state index >= 15 is 0 Å². The zero-order valence-corrected chi connectivity index (χ0v) is 20.7. The predicted molar refractivity (Wildman–Crippen MR) is 128 cm³/mol. The number of hydrogen-bond acceptors (Lipinski definition) is 8. The topological polar surface area (TPSA) is 120 Å². The molecule has 1 aliphatic heterocycles. The molecule has 35 heavy (non-hydrogen) atoms. The van der Waals surface area contributed by atoms with Crippen molar-refractivity contribution in [1.29, 1.82) is 0 Å². The van der Waals surface area contributed by atoms with E-state index < -0.39 is 16.5 Å². The highest BCUT2D eigenvalue weighted by Gasteiger charge is 2.32. The van der Waals surface area contributed by atoms with Crippen molar-refractivity contribution in [1.82, 2.24) is 19.6 Å². The molecular weight excluding hydrogens is 454 g/mol. The first-order valence-electron chi connectivity index (χ1n) is 12.0. The molecule has 2 heterocycles. The third-order valence-corrected chi connectivity index (χ3v) is 6.76. The Kier molecular flexibility index (Phi) is 6.98. The third-order valence-electron chi connectivity index (χ3n) is 6.76. The van der Waals surface area contributed by atoms with E-state index in [0.717, 1.165) is 38.8 Å². The maximum atomic E-state index is 12.3. The SMILES string of the molecule is COC(=O)c1cc2nn([C@H]3CC[C@H](N4CCN(C(=O)OC(C)(C)C)CC4)CC3)cc2cc1[N+](=O)[O-]. The number of nitrogens with zero attached hydrogens (tertiary/aromatic N) is 5. The van der Waals surface area contributed by atoms with Crippen LogP contribution in [0.2, 0.25) is 0 Å². The third kappa shape index (κ3) is 5.55. The molecule has 0 radical (unpaired) electrons. The van der Waals surface area contributed by atoms with Gasteiger partial charge in [-0.2, -0.15) is 5.10 Å². The van der Waals surface area contributed by atoms with Crippen molar-refractivity contribution >= 4 is 28.7 Å². The number of benzene rings is 1. The second-order valence-corrected chi connectivity index (χ2v) is 10.3. The molecule has 1 saturated heterocycles. The van der Waals surface area contributed by atoms with E-state index in [-0.39, 0.29) is 23.4 Å². The quantitative estimate of drug-likeness (QED) is 0.363. The van der Waals surface area contributed by atoms with E-state index in [0.29, 0.717) is 30.0 Å². The Bertz CT molecular complexity index is 1110. The zero-order chi connectivity index (χ0) is 25.3. The van der Waals surface area contributed by atoms with Gasteiger partial charge in [0.1, 0.15) is 11.2 Å². The summed E-state index contributed by atoms with van der Waals surface area (Å²) >= 11 is 0. The lowest BCUT2D eigenvalue weighted by Crippen LogP contribution is -2.53. The summed E-state index contributed by atoms with van der Waals surface area (Å²) in [6.07, 6.45) is 5.49. The van der Waals surface area contributed by atoms with Gasteiger partial charge in [-0.25, -0.2) is 9.59 Å². The molecule has 0 atom stereocenters. The van der Waals surface area contributed by atoms with Crippen LogP contribution in [0, 0.1) is 10.1 Å². The molecule has 190 valence electrons. The van der Waals surface area contributed by atoms with Crippen molar-refractivity contribution < 1.29 is 24.0 Å². The lowest BCUT2D eigenvalue weighted by molar-refractivity contribution is -0.385. The highest BCUT2D eigenvalue weighted by atomic mass is 16.6. The Morgan fingerprint density at radius 1 is 1.06 bits per heavy atom. The van der Waals surface area contributed by atoms with Gasteiger partial charge in [0.25, 0.3) is 5.69 Å². The fourth-order valence-corrected chi connectivity index (χ4v) is 4.97. The van der Waals surface area contributed by atoms with Crippen LogP contribution in [0.5, 0.6) is 0 Å². The molecule has 4 rings (SSSR count). The minimum Gasteiger partial charge on any atom is -0.465 e. The standard InChI is InChI=1S/C24H33N5O6/c1-24(2,3)35-23(31)27-11-9-26(10-12-27)17-5-7-18(8-6-17)28-15-16-13-21(29(32)33)19(22(30)34-4)14-20(16)25-28/h13-15,17-18H,5-12H2,1-4H3/t17-,18-. The molecular formula is C24H33N5O6. The van der Waals surface area contributed by atoms with Crippen LogP contribution < -0.4 is 0 Å². The van der Waals surface area contributed by atoms with Crippen LogP contribution in [-0.2, 0) is 9.47 Å². The first-order chi connectivity index (χ1) is 16.6. The van der Waals surface area contributed by atoms with Gasteiger partial charge in [0.05, 0.1) is 23.6 Å². The molecule has 11 nitrogen and oxygen atoms in total. The fourth-order valence-electron chi connectivity index (χ4n) is 4.97. The Labute approximate surface area is 204 Å². The Balaban J connectivity index is 1.37. The van der Waals surface area contributed by atoms with Crippen LogP contribution in [0.4, 0.5) is 10.5 Å². The maximum absolute atomic E-state index is 12.3. The number of piperazine rings is 1. The van der Waals surface area contributed by atoms with Gasteiger partial charge in [-0.15, -0.1) is 0 Å². The lowest BCUT2D eigenvalue weighted by atomic mass is 9.90. The first-order valence-corrected chi connectivity index (χ1v) is 12.0. The first kappa shape index (κ1) is 24.9. The van der Waals surface area contributed by atoms with E-state index in [2.05, 4.69) is 10.00 Å². The van der Waals surface area contributed by atoms with Gasteiger partial charge in [-0.05, 0) is 52.5 Å². The minimum atomic E-state index is -0.750. The molecule has 1 aromatic heterocycles. The van der Waals surface area contributed by atoms with Crippen LogP contribution in [-0.4, -0.2) is 81.5 Å². The number of rotatable bonds is 4. The van der Waals surface area contributed by atoms with E-state index in [1.165, 1.54) is 19.2 Å². The van der Waals surface area contributed by atoms with Gasteiger partial charge >= 0.3 is 12.1 Å². The molecule has 1 saturated carbocycles. The van der Waals surface area contributed by atoms with Gasteiger partial charge in [-0.3, -0.25) is 19.7 Å². The maximum Gasteiger partial charge on any atom is 0.410 e. The molecule has 2 fully saturated rings. The van der Waals surface area contributed by atoms with Crippen LogP contribution in [0.15, 0.2) is 18.3 Å².